The van der Waals surface area contributed by atoms with Crippen LogP contribution in [0, 0.1) is 0 Å². The van der Waals surface area contributed by atoms with E-state index in [9.17, 15) is 10.3 Å². The third-order valence-corrected chi connectivity index (χ3v) is 7.61. The lowest BCUT2D eigenvalue weighted by Crippen LogP contribution is -2.49. The molecule has 1 amide bonds. The van der Waals surface area contributed by atoms with E-state index >= 15 is 0 Å². The topological polar surface area (TPSA) is 129 Å². The second-order valence-corrected chi connectivity index (χ2v) is 10.9. The molecule has 0 spiro atoms. The number of benzene rings is 4. The van der Waals surface area contributed by atoms with Crippen LogP contribution in [0.3, 0.4) is 0 Å². The van der Waals surface area contributed by atoms with Crippen molar-refractivity contribution in [1.29, 1.82) is 0 Å². The fourth-order valence-electron chi connectivity index (χ4n) is 4.95. The van der Waals surface area contributed by atoms with Crippen LogP contribution in [-0.2, 0) is 22.5 Å². The highest BCUT2D eigenvalue weighted by Crippen LogP contribution is 2.45. The Kier molecular flexibility index (Phi) is 9.73. The number of amides is 1. The van der Waals surface area contributed by atoms with Gasteiger partial charge in [0.2, 0.25) is 5.90 Å². The minimum Gasteiger partial charge on any atom is -0.494 e. The van der Waals surface area contributed by atoms with Gasteiger partial charge in [-0.15, -0.1) is 0 Å². The van der Waals surface area contributed by atoms with Crippen LogP contribution in [0.15, 0.2) is 118 Å². The van der Waals surface area contributed by atoms with Gasteiger partial charge in [-0.1, -0.05) is 87.8 Å². The average molecular weight is 641 g/mol. The fraction of sp³-hybridized carbons (Fsp3) is 0.212. The molecule has 0 fully saturated rings. The second kappa shape index (κ2) is 14.0. The van der Waals surface area contributed by atoms with E-state index in [4.69, 9.17) is 19.6 Å². The number of carbonyl (C=O) groups excluding carboxylic acids is 1. The van der Waals surface area contributed by atoms with Crippen LogP contribution in [0.5, 0.6) is 5.75 Å². The minimum atomic E-state index is -1.44. The van der Waals surface area contributed by atoms with E-state index < -0.39 is 11.6 Å². The van der Waals surface area contributed by atoms with E-state index in [2.05, 4.69) is 31.3 Å². The Bertz CT molecular complexity index is 1620. The van der Waals surface area contributed by atoms with E-state index in [1.807, 2.05) is 72.8 Å². The van der Waals surface area contributed by atoms with Gasteiger partial charge in [-0.2, -0.15) is 0 Å². The first-order valence-electron chi connectivity index (χ1n) is 13.8. The summed E-state index contributed by atoms with van der Waals surface area (Å²) in [4.78, 5) is 22.5. The lowest BCUT2D eigenvalue weighted by Gasteiger charge is -2.31. The van der Waals surface area contributed by atoms with Crippen molar-refractivity contribution in [3.05, 3.63) is 140 Å². The second-order valence-electron chi connectivity index (χ2n) is 10.0. The van der Waals surface area contributed by atoms with Crippen molar-refractivity contribution in [1.82, 2.24) is 5.32 Å². The Hall–Kier alpha value is -4.63. The summed E-state index contributed by atoms with van der Waals surface area (Å²) in [5, 5.41) is 16.1. The maximum atomic E-state index is 14.4. The SMILES string of the molecule is [N-]=[N+]=Nc1ccccc1[C@H]1OC(c2ccc(OCCCO)cc2)=N[C@@]1(Cc1ccc(Br)cc1)C(=O)NCc1ccccc1. The highest BCUT2D eigenvalue weighted by Gasteiger charge is 2.53. The van der Waals surface area contributed by atoms with E-state index in [1.54, 1.807) is 30.3 Å². The van der Waals surface area contributed by atoms with Crippen molar-refractivity contribution < 1.29 is 19.4 Å². The zero-order valence-electron chi connectivity index (χ0n) is 23.3. The van der Waals surface area contributed by atoms with Crippen molar-refractivity contribution in [2.24, 2.45) is 10.1 Å². The van der Waals surface area contributed by atoms with Gasteiger partial charge in [0, 0.05) is 52.2 Å². The van der Waals surface area contributed by atoms with Crippen LogP contribution < -0.4 is 10.1 Å². The molecule has 10 heteroatoms. The maximum Gasteiger partial charge on any atom is 0.252 e. The van der Waals surface area contributed by atoms with Crippen molar-refractivity contribution >= 4 is 33.4 Å². The molecule has 9 nitrogen and oxygen atoms in total. The molecule has 0 radical (unpaired) electrons. The molecule has 4 aromatic carbocycles. The van der Waals surface area contributed by atoms with Crippen molar-refractivity contribution in [2.75, 3.05) is 13.2 Å². The van der Waals surface area contributed by atoms with Crippen LogP contribution in [0.4, 0.5) is 5.69 Å². The van der Waals surface area contributed by atoms with Gasteiger partial charge in [0.15, 0.2) is 11.6 Å². The molecule has 2 N–H and O–H groups in total. The maximum absolute atomic E-state index is 14.4. The van der Waals surface area contributed by atoms with Crippen LogP contribution >= 0.6 is 15.9 Å². The summed E-state index contributed by atoms with van der Waals surface area (Å²) in [7, 11) is 0. The number of ether oxygens (including phenoxy) is 2. The Morgan fingerprint density at radius 1 is 1.00 bits per heavy atom. The largest absolute Gasteiger partial charge is 0.494 e. The summed E-state index contributed by atoms with van der Waals surface area (Å²) in [6.07, 6.45) is -0.146. The van der Waals surface area contributed by atoms with E-state index in [0.717, 1.165) is 15.6 Å². The summed E-state index contributed by atoms with van der Waals surface area (Å²) in [5.74, 6) is 0.608. The molecule has 2 atom stereocenters. The summed E-state index contributed by atoms with van der Waals surface area (Å²) in [6, 6.07) is 31.7. The van der Waals surface area contributed by atoms with Gasteiger partial charge in [0.05, 0.1) is 6.61 Å². The quantitative estimate of drug-likeness (QED) is 0.0750. The number of nitrogens with zero attached hydrogens (tertiary/aromatic N) is 4. The summed E-state index contributed by atoms with van der Waals surface area (Å²) >= 11 is 3.49. The normalized spacial score (nSPS) is 17.3. The molecule has 0 aromatic heterocycles. The summed E-state index contributed by atoms with van der Waals surface area (Å²) in [5.41, 5.74) is 11.3. The standard InChI is InChI=1S/C33H30BrN5O4/c34-26-15-11-23(12-16-26)21-33(32(41)36-22-24-7-2-1-3-8-24)30(28-9-4-5-10-29(28)38-39-35)43-31(37-33)25-13-17-27(18-14-25)42-20-6-19-40/h1-5,7-18,30,40H,6,19-22H2,(H,36,41)/t30-,33-/m1/s1. The van der Waals surface area contributed by atoms with Gasteiger partial charge >= 0.3 is 0 Å². The zero-order chi connectivity index (χ0) is 30.1. The predicted molar refractivity (Wildman–Crippen MR) is 168 cm³/mol. The van der Waals surface area contributed by atoms with Crippen LogP contribution in [0.25, 0.3) is 10.4 Å². The number of aliphatic hydroxyl groups excluding tert-OH is 1. The molecule has 0 saturated heterocycles. The number of aliphatic hydroxyl groups is 1. The first kappa shape index (κ1) is 29.8. The van der Waals surface area contributed by atoms with E-state index in [1.165, 1.54) is 0 Å². The molecule has 0 unspecified atom stereocenters. The Morgan fingerprint density at radius 2 is 1.72 bits per heavy atom. The number of rotatable bonds is 12. The van der Waals surface area contributed by atoms with Crippen LogP contribution in [-0.4, -0.2) is 35.7 Å². The molecule has 1 aliphatic rings. The molecule has 0 saturated carbocycles. The lowest BCUT2D eigenvalue weighted by molar-refractivity contribution is -0.129. The van der Waals surface area contributed by atoms with Gasteiger partial charge in [-0.3, -0.25) is 4.79 Å². The molecular weight excluding hydrogens is 610 g/mol. The van der Waals surface area contributed by atoms with E-state index in [0.29, 0.717) is 42.1 Å². The molecule has 1 aliphatic heterocycles. The number of nitrogens with one attached hydrogen (secondary N) is 1. The van der Waals surface area contributed by atoms with Gasteiger partial charge in [0.1, 0.15) is 5.75 Å². The third-order valence-electron chi connectivity index (χ3n) is 7.08. The number of hydrogen-bond acceptors (Lipinski definition) is 6. The van der Waals surface area contributed by atoms with Gasteiger partial charge in [-0.25, -0.2) is 4.99 Å². The van der Waals surface area contributed by atoms with Gasteiger partial charge in [-0.05, 0) is 53.1 Å². The number of halogens is 1. The van der Waals surface area contributed by atoms with Gasteiger partial charge in [0.25, 0.3) is 5.91 Å². The Balaban J connectivity index is 1.60. The molecule has 43 heavy (non-hydrogen) atoms. The first-order valence-corrected chi connectivity index (χ1v) is 14.6. The number of hydrogen-bond donors (Lipinski definition) is 2. The number of aliphatic imine (C=N–C) groups is 1. The first-order chi connectivity index (χ1) is 21.0. The monoisotopic (exact) mass is 639 g/mol. The van der Waals surface area contributed by atoms with Crippen LogP contribution in [0.2, 0.25) is 0 Å². The molecular formula is C33H30BrN5O4. The molecule has 0 bridgehead atoms. The lowest BCUT2D eigenvalue weighted by atomic mass is 9.81. The fourth-order valence-corrected chi connectivity index (χ4v) is 5.22. The van der Waals surface area contributed by atoms with Crippen molar-refractivity contribution in [3.8, 4) is 5.75 Å². The Labute approximate surface area is 258 Å². The highest BCUT2D eigenvalue weighted by molar-refractivity contribution is 9.10. The predicted octanol–water partition coefficient (Wildman–Crippen LogP) is 6.97. The zero-order valence-corrected chi connectivity index (χ0v) is 24.9. The van der Waals surface area contributed by atoms with Crippen LogP contribution in [0.1, 0.15) is 34.8 Å². The summed E-state index contributed by atoms with van der Waals surface area (Å²) < 4.78 is 13.2. The molecule has 218 valence electrons. The number of azide groups is 1. The molecule has 5 rings (SSSR count). The van der Waals surface area contributed by atoms with E-state index in [-0.39, 0.29) is 24.8 Å². The summed E-state index contributed by atoms with van der Waals surface area (Å²) in [6.45, 7) is 0.745. The molecule has 4 aromatic rings. The third kappa shape index (κ3) is 7.06. The Morgan fingerprint density at radius 3 is 2.44 bits per heavy atom. The van der Waals surface area contributed by atoms with Crippen molar-refractivity contribution in [3.63, 3.8) is 0 Å². The van der Waals surface area contributed by atoms with Crippen molar-refractivity contribution in [2.45, 2.75) is 31.0 Å². The molecule has 1 heterocycles. The highest BCUT2D eigenvalue weighted by atomic mass is 79.9. The van der Waals surface area contributed by atoms with Gasteiger partial charge < -0.3 is 19.9 Å². The smallest absolute Gasteiger partial charge is 0.252 e. The minimum absolute atomic E-state index is 0.0498. The average Bonchev–Trinajstić information content (AvgIpc) is 3.42. The molecule has 0 aliphatic carbocycles. The number of carbonyl (C=O) groups is 1.